The molecule has 1 aromatic heterocycles. The van der Waals surface area contributed by atoms with E-state index in [0.29, 0.717) is 5.92 Å². The maximum atomic E-state index is 5.32. The number of aromatic nitrogens is 1. The molecular weight excluding hydrogens is 435 g/mol. The van der Waals surface area contributed by atoms with Crippen LogP contribution >= 0.6 is 35.3 Å². The molecule has 2 atom stereocenters. The maximum absolute atomic E-state index is 5.32. The minimum Gasteiger partial charge on any atom is -0.375 e. The van der Waals surface area contributed by atoms with Gasteiger partial charge < -0.3 is 15.0 Å². The van der Waals surface area contributed by atoms with Crippen molar-refractivity contribution in [3.05, 3.63) is 28.2 Å². The van der Waals surface area contributed by atoms with Gasteiger partial charge in [0.2, 0.25) is 0 Å². The number of nitrogens with zero attached hydrogens (tertiary/aromatic N) is 3. The van der Waals surface area contributed by atoms with Gasteiger partial charge in [0.05, 0.1) is 12.2 Å². The molecule has 0 radical (unpaired) electrons. The molecule has 0 amide bonds. The summed E-state index contributed by atoms with van der Waals surface area (Å²) in [5.74, 6) is 1.63. The molecule has 1 aliphatic carbocycles. The van der Waals surface area contributed by atoms with Gasteiger partial charge in [-0.15, -0.1) is 35.3 Å². The van der Waals surface area contributed by atoms with E-state index < -0.39 is 0 Å². The molecule has 1 aromatic rings. The Morgan fingerprint density at radius 1 is 1.54 bits per heavy atom. The first-order valence-corrected chi connectivity index (χ1v) is 9.05. The van der Waals surface area contributed by atoms with E-state index >= 15 is 0 Å². The van der Waals surface area contributed by atoms with Crippen LogP contribution in [0.15, 0.2) is 22.5 Å². The molecule has 0 aliphatic heterocycles. The highest BCUT2D eigenvalue weighted by Gasteiger charge is 2.14. The van der Waals surface area contributed by atoms with Crippen molar-refractivity contribution in [2.45, 2.75) is 38.8 Å². The number of guanidine groups is 1. The number of halogens is 1. The Hall–Kier alpha value is -0.670. The Balaban J connectivity index is 0.00000288. The minimum atomic E-state index is 0. The Morgan fingerprint density at radius 2 is 2.33 bits per heavy atom. The van der Waals surface area contributed by atoms with E-state index in [9.17, 15) is 0 Å². The van der Waals surface area contributed by atoms with Crippen LogP contribution in [0.25, 0.3) is 0 Å². The lowest BCUT2D eigenvalue weighted by Gasteiger charge is -2.24. The third-order valence-corrected chi connectivity index (χ3v) is 5.22. The molecule has 136 valence electrons. The lowest BCUT2D eigenvalue weighted by atomic mass is 9.94. The molecule has 0 aromatic carbocycles. The van der Waals surface area contributed by atoms with E-state index in [1.165, 1.54) is 12.8 Å². The van der Waals surface area contributed by atoms with Crippen molar-refractivity contribution in [1.29, 1.82) is 0 Å². The summed E-state index contributed by atoms with van der Waals surface area (Å²) >= 11 is 1.65. The topological polar surface area (TPSA) is 49.8 Å². The monoisotopic (exact) mass is 464 g/mol. The number of ether oxygens (including phenoxy) is 1. The number of thiazole rings is 1. The highest BCUT2D eigenvalue weighted by atomic mass is 127. The molecule has 0 spiro atoms. The van der Waals surface area contributed by atoms with E-state index in [0.717, 1.165) is 36.2 Å². The van der Waals surface area contributed by atoms with Gasteiger partial charge in [-0.1, -0.05) is 12.2 Å². The van der Waals surface area contributed by atoms with E-state index in [1.54, 1.807) is 18.4 Å². The highest BCUT2D eigenvalue weighted by Crippen LogP contribution is 2.21. The summed E-state index contributed by atoms with van der Waals surface area (Å²) in [4.78, 5) is 11.2. The van der Waals surface area contributed by atoms with Gasteiger partial charge in [0.15, 0.2) is 5.96 Å². The molecular formula is C17H29IN4OS. The van der Waals surface area contributed by atoms with E-state index in [-0.39, 0.29) is 30.1 Å². The van der Waals surface area contributed by atoms with Gasteiger partial charge >= 0.3 is 0 Å². The van der Waals surface area contributed by atoms with E-state index in [4.69, 9.17) is 4.74 Å². The van der Waals surface area contributed by atoms with Gasteiger partial charge in [-0.25, -0.2) is 4.98 Å². The highest BCUT2D eigenvalue weighted by molar-refractivity contribution is 14.0. The zero-order valence-electron chi connectivity index (χ0n) is 15.0. The van der Waals surface area contributed by atoms with Crippen LogP contribution in [0.2, 0.25) is 0 Å². The molecule has 0 saturated heterocycles. The molecule has 24 heavy (non-hydrogen) atoms. The normalized spacial score (nSPS) is 18.8. The fourth-order valence-corrected chi connectivity index (χ4v) is 3.50. The van der Waals surface area contributed by atoms with Gasteiger partial charge in [-0.2, -0.15) is 0 Å². The number of rotatable bonds is 6. The Labute approximate surface area is 166 Å². The Kier molecular flexibility index (Phi) is 9.84. The lowest BCUT2D eigenvalue weighted by molar-refractivity contribution is 0.119. The summed E-state index contributed by atoms with van der Waals surface area (Å²) in [5, 5.41) is 6.61. The van der Waals surface area contributed by atoms with E-state index in [2.05, 4.69) is 44.8 Å². The average molecular weight is 464 g/mol. The fraction of sp³-hybridized carbons (Fsp3) is 0.647. The second kappa shape index (κ2) is 11.0. The predicted molar refractivity (Wildman–Crippen MR) is 112 cm³/mol. The van der Waals surface area contributed by atoms with Crippen LogP contribution in [0.1, 0.15) is 43.0 Å². The molecule has 0 fully saturated rings. The van der Waals surface area contributed by atoms with Crippen LogP contribution in [-0.2, 0) is 11.3 Å². The van der Waals surface area contributed by atoms with Crippen molar-refractivity contribution in [3.8, 4) is 0 Å². The van der Waals surface area contributed by atoms with Crippen LogP contribution in [0, 0.1) is 5.92 Å². The molecule has 2 rings (SSSR count). The predicted octanol–water partition coefficient (Wildman–Crippen LogP) is 3.83. The molecule has 7 heteroatoms. The molecule has 1 N–H and O–H groups in total. The molecule has 0 bridgehead atoms. The SMILES string of the molecule is CN=C(NCC1CC=CCC1)N(C)Cc1csc(C(C)OC)n1.I. The zero-order valence-corrected chi connectivity index (χ0v) is 18.1. The maximum Gasteiger partial charge on any atom is 0.193 e. The number of nitrogens with one attached hydrogen (secondary N) is 1. The van der Waals surface area contributed by atoms with Crippen LogP contribution < -0.4 is 5.32 Å². The van der Waals surface area contributed by atoms with Gasteiger partial charge in [-0.3, -0.25) is 4.99 Å². The summed E-state index contributed by atoms with van der Waals surface area (Å²) in [6.07, 6.45) is 8.23. The second-order valence-electron chi connectivity index (χ2n) is 5.99. The van der Waals surface area contributed by atoms with Crippen LogP contribution in [0.5, 0.6) is 0 Å². The number of allylic oxidation sites excluding steroid dienone is 2. The number of hydrogen-bond acceptors (Lipinski definition) is 4. The fourth-order valence-electron chi connectivity index (χ4n) is 2.66. The van der Waals surface area contributed by atoms with Gasteiger partial charge in [-0.05, 0) is 32.1 Å². The van der Waals surface area contributed by atoms with Gasteiger partial charge in [0.1, 0.15) is 11.1 Å². The summed E-state index contributed by atoms with van der Waals surface area (Å²) in [6, 6.07) is 0. The minimum absolute atomic E-state index is 0. The summed E-state index contributed by atoms with van der Waals surface area (Å²) in [6.45, 7) is 3.74. The van der Waals surface area contributed by atoms with Crippen molar-refractivity contribution in [3.63, 3.8) is 0 Å². The summed E-state index contributed by atoms with van der Waals surface area (Å²) < 4.78 is 5.32. The lowest BCUT2D eigenvalue weighted by Crippen LogP contribution is -2.40. The number of hydrogen-bond donors (Lipinski definition) is 1. The van der Waals surface area contributed by atoms with Gasteiger partial charge in [0.25, 0.3) is 0 Å². The first kappa shape index (κ1) is 21.4. The average Bonchev–Trinajstić information content (AvgIpc) is 3.04. The van der Waals surface area contributed by atoms with Crippen molar-refractivity contribution in [2.75, 3.05) is 27.7 Å². The molecule has 0 saturated carbocycles. The van der Waals surface area contributed by atoms with Crippen molar-refractivity contribution in [2.24, 2.45) is 10.9 Å². The summed E-state index contributed by atoms with van der Waals surface area (Å²) in [7, 11) is 5.60. The largest absolute Gasteiger partial charge is 0.375 e. The third kappa shape index (κ3) is 6.33. The van der Waals surface area contributed by atoms with Crippen molar-refractivity contribution >= 4 is 41.3 Å². The van der Waals surface area contributed by atoms with E-state index in [1.807, 2.05) is 14.0 Å². The molecule has 5 nitrogen and oxygen atoms in total. The summed E-state index contributed by atoms with van der Waals surface area (Å²) in [5.41, 5.74) is 1.06. The first-order valence-electron chi connectivity index (χ1n) is 8.18. The van der Waals surface area contributed by atoms with Gasteiger partial charge in [0, 0.05) is 33.1 Å². The third-order valence-electron chi connectivity index (χ3n) is 4.17. The molecule has 1 aliphatic rings. The zero-order chi connectivity index (χ0) is 16.7. The Morgan fingerprint density at radius 3 is 2.96 bits per heavy atom. The Bertz CT molecular complexity index is 546. The number of aliphatic imine (C=N–C) groups is 1. The quantitative estimate of drug-likeness (QED) is 0.301. The smallest absolute Gasteiger partial charge is 0.193 e. The van der Waals surface area contributed by atoms with Crippen LogP contribution in [-0.4, -0.2) is 43.6 Å². The first-order chi connectivity index (χ1) is 11.1. The van der Waals surface area contributed by atoms with Crippen LogP contribution in [0.3, 0.4) is 0 Å². The van der Waals surface area contributed by atoms with Crippen molar-refractivity contribution < 1.29 is 4.74 Å². The number of methoxy groups -OCH3 is 1. The van der Waals surface area contributed by atoms with Crippen molar-refractivity contribution in [1.82, 2.24) is 15.2 Å². The molecule has 1 heterocycles. The second-order valence-corrected chi connectivity index (χ2v) is 6.88. The standard InChI is InChI=1S/C17H28N4OS.HI/c1-13(22-4)16-20-15(12-23-16)11-21(3)17(18-2)19-10-14-8-6-5-7-9-14;/h5-6,12-14H,7-11H2,1-4H3,(H,18,19);1H. The molecule has 2 unspecified atom stereocenters. The van der Waals surface area contributed by atoms with Crippen LogP contribution in [0.4, 0.5) is 0 Å².